The van der Waals surface area contributed by atoms with Gasteiger partial charge in [0, 0.05) is 39.4 Å². The van der Waals surface area contributed by atoms with E-state index in [0.717, 1.165) is 56.1 Å². The summed E-state index contributed by atoms with van der Waals surface area (Å²) >= 11 is 0. The number of fused-ring (bicyclic) bond motifs is 1. The summed E-state index contributed by atoms with van der Waals surface area (Å²) in [6.07, 6.45) is 8.58. The highest BCUT2D eigenvalue weighted by Crippen LogP contribution is 2.23. The monoisotopic (exact) mass is 448 g/mol. The number of nitrogens with zero attached hydrogens (tertiary/aromatic N) is 8. The van der Waals surface area contributed by atoms with Crippen LogP contribution < -0.4 is 4.74 Å². The maximum Gasteiger partial charge on any atom is 0.187 e. The molecule has 1 aliphatic rings. The molecular formula is C23H28N8O2. The number of hydrogen-bond donors (Lipinski definition) is 0. The Morgan fingerprint density at radius 2 is 1.88 bits per heavy atom. The molecule has 0 unspecified atom stereocenters. The molecule has 172 valence electrons. The van der Waals surface area contributed by atoms with Crippen LogP contribution in [0.3, 0.4) is 0 Å². The number of methoxy groups -OCH3 is 2. The minimum atomic E-state index is 0.432. The van der Waals surface area contributed by atoms with Gasteiger partial charge in [-0.1, -0.05) is 5.21 Å². The number of ether oxygens (including phenoxy) is 2. The summed E-state index contributed by atoms with van der Waals surface area (Å²) in [7, 11) is 3.40. The van der Waals surface area contributed by atoms with Crippen LogP contribution in [-0.2, 0) is 11.2 Å². The van der Waals surface area contributed by atoms with Gasteiger partial charge in [-0.05, 0) is 42.7 Å². The number of benzene rings is 1. The molecule has 0 saturated carbocycles. The highest BCUT2D eigenvalue weighted by atomic mass is 16.5. The molecular weight excluding hydrogens is 420 g/mol. The molecule has 0 radical (unpaired) electrons. The second-order valence-electron chi connectivity index (χ2n) is 8.27. The van der Waals surface area contributed by atoms with Crippen molar-refractivity contribution in [2.75, 3.05) is 40.5 Å². The quantitative estimate of drug-likeness (QED) is 0.405. The predicted octanol–water partition coefficient (Wildman–Crippen LogP) is 2.29. The standard InChI is InChI=1S/C23H28N8O2/c1-32-12-11-29-9-7-18(8-10-29)30-16-17(14-25-30)13-22-24-15-21-23(26-22)31(28-27-21)19-3-5-20(33-2)6-4-19/h3-6,14-16,18H,7-13H2,1-2H3. The van der Waals surface area contributed by atoms with Gasteiger partial charge in [0.15, 0.2) is 11.2 Å². The van der Waals surface area contributed by atoms with E-state index in [4.69, 9.17) is 14.5 Å². The SMILES string of the molecule is COCCN1CCC(n2cc(Cc3ncc4nnn(-c5ccc(OC)cc5)c4n3)cn2)CC1. The van der Waals surface area contributed by atoms with Crippen molar-refractivity contribution in [2.45, 2.75) is 25.3 Å². The Kier molecular flexibility index (Phi) is 6.27. The third-order valence-electron chi connectivity index (χ3n) is 6.12. The smallest absolute Gasteiger partial charge is 0.187 e. The topological polar surface area (TPSA) is 96.0 Å². The Hall–Kier alpha value is -3.37. The zero-order valence-electron chi connectivity index (χ0n) is 19.0. The molecule has 4 heterocycles. The molecule has 0 N–H and O–H groups in total. The van der Waals surface area contributed by atoms with Gasteiger partial charge in [0.1, 0.15) is 11.6 Å². The summed E-state index contributed by atoms with van der Waals surface area (Å²) in [6, 6.07) is 8.07. The summed E-state index contributed by atoms with van der Waals surface area (Å²) < 4.78 is 14.3. The van der Waals surface area contributed by atoms with E-state index in [1.54, 1.807) is 25.1 Å². The third kappa shape index (κ3) is 4.71. The van der Waals surface area contributed by atoms with E-state index in [1.807, 2.05) is 30.5 Å². The van der Waals surface area contributed by atoms with E-state index < -0.39 is 0 Å². The Balaban J connectivity index is 1.28. The molecule has 1 aromatic carbocycles. The minimum absolute atomic E-state index is 0.432. The van der Waals surface area contributed by atoms with Gasteiger partial charge >= 0.3 is 0 Å². The van der Waals surface area contributed by atoms with Crippen LogP contribution in [-0.4, -0.2) is 80.1 Å². The van der Waals surface area contributed by atoms with Crippen LogP contribution >= 0.6 is 0 Å². The van der Waals surface area contributed by atoms with E-state index in [2.05, 4.69) is 36.2 Å². The lowest BCUT2D eigenvalue weighted by atomic mass is 10.1. The first kappa shape index (κ1) is 21.5. The molecule has 5 rings (SSSR count). The van der Waals surface area contributed by atoms with Crippen LogP contribution in [0.2, 0.25) is 0 Å². The highest BCUT2D eigenvalue weighted by molar-refractivity contribution is 5.70. The Labute approximate surface area is 192 Å². The van der Waals surface area contributed by atoms with Gasteiger partial charge in [0.05, 0.1) is 37.8 Å². The lowest BCUT2D eigenvalue weighted by Gasteiger charge is -2.31. The van der Waals surface area contributed by atoms with E-state index in [0.29, 0.717) is 29.5 Å². The predicted molar refractivity (Wildman–Crippen MR) is 123 cm³/mol. The molecule has 0 aliphatic carbocycles. The van der Waals surface area contributed by atoms with Crippen LogP contribution in [0.15, 0.2) is 42.9 Å². The minimum Gasteiger partial charge on any atom is -0.497 e. The molecule has 0 atom stereocenters. The lowest BCUT2D eigenvalue weighted by Crippen LogP contribution is -2.36. The number of rotatable bonds is 8. The second kappa shape index (κ2) is 9.63. The van der Waals surface area contributed by atoms with Gasteiger partial charge in [-0.15, -0.1) is 5.10 Å². The van der Waals surface area contributed by atoms with Crippen molar-refractivity contribution in [3.63, 3.8) is 0 Å². The molecule has 4 aromatic rings. The maximum atomic E-state index is 5.24. The fraction of sp³-hybridized carbons (Fsp3) is 0.435. The van der Waals surface area contributed by atoms with Gasteiger partial charge in [-0.3, -0.25) is 4.68 Å². The fourth-order valence-corrected chi connectivity index (χ4v) is 4.22. The van der Waals surface area contributed by atoms with Crippen LogP contribution in [0, 0.1) is 0 Å². The maximum absolute atomic E-state index is 5.24. The van der Waals surface area contributed by atoms with Gasteiger partial charge in [0.2, 0.25) is 0 Å². The molecule has 10 heteroatoms. The number of likely N-dealkylation sites (tertiary alicyclic amines) is 1. The Morgan fingerprint density at radius 3 is 2.64 bits per heavy atom. The number of aromatic nitrogens is 7. The van der Waals surface area contributed by atoms with Crippen LogP contribution in [0.5, 0.6) is 5.75 Å². The van der Waals surface area contributed by atoms with Crippen molar-refractivity contribution in [1.29, 1.82) is 0 Å². The third-order valence-corrected chi connectivity index (χ3v) is 6.12. The lowest BCUT2D eigenvalue weighted by molar-refractivity contribution is 0.119. The summed E-state index contributed by atoms with van der Waals surface area (Å²) in [4.78, 5) is 11.7. The average molecular weight is 449 g/mol. The largest absolute Gasteiger partial charge is 0.497 e. The van der Waals surface area contributed by atoms with Crippen LogP contribution in [0.1, 0.15) is 30.3 Å². The zero-order chi connectivity index (χ0) is 22.6. The molecule has 1 aliphatic heterocycles. The van der Waals surface area contributed by atoms with Gasteiger partial charge in [-0.2, -0.15) is 9.78 Å². The summed E-state index contributed by atoms with van der Waals surface area (Å²) in [5.74, 6) is 1.50. The number of piperidine rings is 1. The van der Waals surface area contributed by atoms with Crippen LogP contribution in [0.25, 0.3) is 16.9 Å². The highest BCUT2D eigenvalue weighted by Gasteiger charge is 2.21. The Morgan fingerprint density at radius 1 is 1.06 bits per heavy atom. The first-order chi connectivity index (χ1) is 16.2. The van der Waals surface area contributed by atoms with Crippen molar-refractivity contribution < 1.29 is 9.47 Å². The van der Waals surface area contributed by atoms with E-state index in [1.165, 1.54) is 0 Å². The van der Waals surface area contributed by atoms with Crippen molar-refractivity contribution in [3.8, 4) is 11.4 Å². The fourth-order valence-electron chi connectivity index (χ4n) is 4.22. The average Bonchev–Trinajstić information content (AvgIpc) is 3.50. The van der Waals surface area contributed by atoms with Crippen molar-refractivity contribution >= 4 is 11.2 Å². The molecule has 1 saturated heterocycles. The van der Waals surface area contributed by atoms with Gasteiger partial charge in [-0.25, -0.2) is 9.97 Å². The van der Waals surface area contributed by atoms with Crippen molar-refractivity contribution in [1.82, 2.24) is 39.6 Å². The summed E-state index contributed by atoms with van der Waals surface area (Å²) in [6.45, 7) is 3.93. The van der Waals surface area contributed by atoms with Crippen molar-refractivity contribution in [3.05, 3.63) is 54.2 Å². The van der Waals surface area contributed by atoms with Gasteiger partial charge < -0.3 is 14.4 Å². The van der Waals surface area contributed by atoms with Crippen LogP contribution in [0.4, 0.5) is 0 Å². The van der Waals surface area contributed by atoms with E-state index in [9.17, 15) is 0 Å². The molecule has 0 spiro atoms. The number of hydrogen-bond acceptors (Lipinski definition) is 8. The molecule has 33 heavy (non-hydrogen) atoms. The molecule has 3 aromatic heterocycles. The Bertz CT molecular complexity index is 1190. The van der Waals surface area contributed by atoms with Gasteiger partial charge in [0.25, 0.3) is 0 Å². The normalized spacial score (nSPS) is 15.3. The second-order valence-corrected chi connectivity index (χ2v) is 8.27. The zero-order valence-corrected chi connectivity index (χ0v) is 19.0. The molecule has 10 nitrogen and oxygen atoms in total. The van der Waals surface area contributed by atoms with E-state index in [-0.39, 0.29) is 0 Å². The first-order valence-electron chi connectivity index (χ1n) is 11.2. The first-order valence-corrected chi connectivity index (χ1v) is 11.2. The van der Waals surface area contributed by atoms with Crippen molar-refractivity contribution in [2.24, 2.45) is 0 Å². The molecule has 1 fully saturated rings. The summed E-state index contributed by atoms with van der Waals surface area (Å²) in [5, 5.41) is 13.1. The van der Waals surface area contributed by atoms with E-state index >= 15 is 0 Å². The summed E-state index contributed by atoms with van der Waals surface area (Å²) in [5.41, 5.74) is 3.30. The molecule has 0 amide bonds. The molecule has 0 bridgehead atoms.